The highest BCUT2D eigenvalue weighted by Gasteiger charge is 2.44. The summed E-state index contributed by atoms with van der Waals surface area (Å²) in [5.41, 5.74) is 0.767. The number of ether oxygens (including phenoxy) is 1. The molecule has 1 saturated carbocycles. The highest BCUT2D eigenvalue weighted by molar-refractivity contribution is 5.89. The molecular formula is C21H29NO4. The van der Waals surface area contributed by atoms with Crippen LogP contribution in [0.4, 0.5) is 0 Å². The number of carbonyl (C=O) groups is 2. The van der Waals surface area contributed by atoms with Crippen molar-refractivity contribution in [2.45, 2.75) is 57.3 Å². The molecule has 0 unspecified atom stereocenters. The highest BCUT2D eigenvalue weighted by atomic mass is 16.5. The Morgan fingerprint density at radius 2 is 1.81 bits per heavy atom. The molecule has 1 aromatic carbocycles. The minimum absolute atomic E-state index is 0.0186. The van der Waals surface area contributed by atoms with E-state index in [2.05, 4.69) is 11.4 Å². The van der Waals surface area contributed by atoms with Crippen LogP contribution in [0.3, 0.4) is 0 Å². The van der Waals surface area contributed by atoms with Gasteiger partial charge in [0, 0.05) is 19.8 Å². The van der Waals surface area contributed by atoms with Crippen LogP contribution in [0.1, 0.15) is 56.1 Å². The number of aliphatic carboxylic acids is 1. The number of carbonyl (C=O) groups excluding carboxylic acids is 1. The van der Waals surface area contributed by atoms with Gasteiger partial charge in [-0.1, -0.05) is 49.1 Å². The average molecular weight is 359 g/mol. The normalized spacial score (nSPS) is 21.7. The van der Waals surface area contributed by atoms with Crippen LogP contribution in [-0.4, -0.2) is 36.7 Å². The van der Waals surface area contributed by atoms with E-state index in [0.717, 1.165) is 43.2 Å². The van der Waals surface area contributed by atoms with Crippen molar-refractivity contribution in [3.05, 3.63) is 35.4 Å². The smallest absolute Gasteiger partial charge is 0.311 e. The first kappa shape index (κ1) is 18.9. The second-order valence-corrected chi connectivity index (χ2v) is 7.89. The van der Waals surface area contributed by atoms with Gasteiger partial charge in [-0.25, -0.2) is 0 Å². The van der Waals surface area contributed by atoms with Gasteiger partial charge in [-0.15, -0.1) is 0 Å². The third kappa shape index (κ3) is 3.63. The van der Waals surface area contributed by atoms with E-state index >= 15 is 0 Å². The highest BCUT2D eigenvalue weighted by Crippen LogP contribution is 2.40. The zero-order valence-corrected chi connectivity index (χ0v) is 15.6. The molecule has 2 aliphatic rings. The second kappa shape index (κ2) is 7.78. The number of rotatable bonds is 5. The standard InChI is InChI=1S/C21H29NO4/c1-16-6-5-7-17(14-16)21(8-3-2-4-9-21)18(23)22-15-20(19(24)25)10-12-26-13-11-20/h5-7,14H,2-4,8-13,15H2,1H3,(H,22,23)(H,24,25). The van der Waals surface area contributed by atoms with Gasteiger partial charge in [0.05, 0.1) is 10.8 Å². The zero-order valence-electron chi connectivity index (χ0n) is 15.6. The molecule has 5 heteroatoms. The lowest BCUT2D eigenvalue weighted by atomic mass is 9.68. The van der Waals surface area contributed by atoms with Gasteiger partial charge in [-0.05, 0) is 38.2 Å². The molecule has 1 saturated heterocycles. The van der Waals surface area contributed by atoms with Gasteiger partial charge in [0.1, 0.15) is 0 Å². The maximum Gasteiger partial charge on any atom is 0.311 e. The Bertz CT molecular complexity index is 658. The average Bonchev–Trinajstić information content (AvgIpc) is 2.67. The Balaban J connectivity index is 1.81. The van der Waals surface area contributed by atoms with Crippen molar-refractivity contribution in [2.24, 2.45) is 5.41 Å². The maximum atomic E-state index is 13.3. The summed E-state index contributed by atoms with van der Waals surface area (Å²) in [5.74, 6) is -0.857. The molecular weight excluding hydrogens is 330 g/mol. The summed E-state index contributed by atoms with van der Waals surface area (Å²) in [6, 6.07) is 8.19. The summed E-state index contributed by atoms with van der Waals surface area (Å²) in [7, 11) is 0. The molecule has 5 nitrogen and oxygen atoms in total. The van der Waals surface area contributed by atoms with E-state index in [4.69, 9.17) is 4.74 Å². The van der Waals surface area contributed by atoms with Gasteiger partial charge < -0.3 is 15.2 Å². The van der Waals surface area contributed by atoms with E-state index in [-0.39, 0.29) is 12.5 Å². The molecule has 1 aromatic rings. The summed E-state index contributed by atoms with van der Waals surface area (Å²) in [5, 5.41) is 12.8. The third-order valence-electron chi connectivity index (χ3n) is 6.20. The van der Waals surface area contributed by atoms with Crippen LogP contribution in [0, 0.1) is 12.3 Å². The summed E-state index contributed by atoms with van der Waals surface area (Å²) >= 11 is 0. The van der Waals surface area contributed by atoms with Crippen LogP contribution in [0.15, 0.2) is 24.3 Å². The van der Waals surface area contributed by atoms with Gasteiger partial charge in [-0.3, -0.25) is 9.59 Å². The predicted molar refractivity (Wildman–Crippen MR) is 99.1 cm³/mol. The lowest BCUT2D eigenvalue weighted by molar-refractivity contribution is -0.155. The number of carboxylic acid groups (broad SMARTS) is 1. The van der Waals surface area contributed by atoms with Crippen LogP contribution in [0.5, 0.6) is 0 Å². The number of nitrogens with one attached hydrogen (secondary N) is 1. The number of amides is 1. The molecule has 0 aromatic heterocycles. The second-order valence-electron chi connectivity index (χ2n) is 7.89. The molecule has 0 atom stereocenters. The molecule has 0 radical (unpaired) electrons. The number of hydrogen-bond acceptors (Lipinski definition) is 3. The van der Waals surface area contributed by atoms with Gasteiger partial charge in [-0.2, -0.15) is 0 Å². The van der Waals surface area contributed by atoms with Crippen molar-refractivity contribution >= 4 is 11.9 Å². The monoisotopic (exact) mass is 359 g/mol. The summed E-state index contributed by atoms with van der Waals surface area (Å²) in [6.07, 6.45) is 5.74. The minimum atomic E-state index is -0.906. The minimum Gasteiger partial charge on any atom is -0.481 e. The number of hydrogen-bond donors (Lipinski definition) is 2. The SMILES string of the molecule is Cc1cccc(C2(C(=O)NCC3(C(=O)O)CCOCC3)CCCCC2)c1. The Kier molecular flexibility index (Phi) is 5.66. The molecule has 2 fully saturated rings. The van der Waals surface area contributed by atoms with Crippen LogP contribution in [0.2, 0.25) is 0 Å². The van der Waals surface area contributed by atoms with E-state index in [1.807, 2.05) is 25.1 Å². The molecule has 26 heavy (non-hydrogen) atoms. The van der Waals surface area contributed by atoms with Gasteiger partial charge in [0.2, 0.25) is 5.91 Å². The summed E-state index contributed by atoms with van der Waals surface area (Å²) in [4.78, 5) is 25.2. The first-order valence-corrected chi connectivity index (χ1v) is 9.65. The topological polar surface area (TPSA) is 75.6 Å². The van der Waals surface area contributed by atoms with Gasteiger partial charge in [0.25, 0.3) is 0 Å². The van der Waals surface area contributed by atoms with Crippen LogP contribution in [-0.2, 0) is 19.7 Å². The fourth-order valence-electron chi connectivity index (χ4n) is 4.39. The summed E-state index contributed by atoms with van der Waals surface area (Å²) in [6.45, 7) is 3.09. The molecule has 3 rings (SSSR count). The first-order chi connectivity index (χ1) is 12.5. The Morgan fingerprint density at radius 3 is 2.42 bits per heavy atom. The molecule has 2 N–H and O–H groups in total. The molecule has 142 valence electrons. The Morgan fingerprint density at radius 1 is 1.12 bits per heavy atom. The van der Waals surface area contributed by atoms with E-state index in [9.17, 15) is 14.7 Å². The molecule has 1 heterocycles. The predicted octanol–water partition coefficient (Wildman–Crippen LogP) is 3.19. The fraction of sp³-hybridized carbons (Fsp3) is 0.619. The number of aryl methyl sites for hydroxylation is 1. The van der Waals surface area contributed by atoms with Gasteiger partial charge >= 0.3 is 5.97 Å². The van der Waals surface area contributed by atoms with E-state index < -0.39 is 16.8 Å². The van der Waals surface area contributed by atoms with Crippen molar-refractivity contribution in [3.63, 3.8) is 0 Å². The van der Waals surface area contributed by atoms with Crippen LogP contribution >= 0.6 is 0 Å². The fourth-order valence-corrected chi connectivity index (χ4v) is 4.39. The zero-order chi connectivity index (χ0) is 18.6. The Hall–Kier alpha value is -1.88. The number of carboxylic acids is 1. The number of benzene rings is 1. The van der Waals surface area contributed by atoms with Crippen molar-refractivity contribution in [1.82, 2.24) is 5.32 Å². The van der Waals surface area contributed by atoms with Crippen molar-refractivity contribution in [3.8, 4) is 0 Å². The van der Waals surface area contributed by atoms with Crippen molar-refractivity contribution < 1.29 is 19.4 Å². The molecule has 1 aliphatic heterocycles. The molecule has 1 aliphatic carbocycles. The Labute approximate surface area is 155 Å². The maximum absolute atomic E-state index is 13.3. The molecule has 1 amide bonds. The van der Waals surface area contributed by atoms with Crippen LogP contribution in [0.25, 0.3) is 0 Å². The van der Waals surface area contributed by atoms with Crippen LogP contribution < -0.4 is 5.32 Å². The largest absolute Gasteiger partial charge is 0.481 e. The lowest BCUT2D eigenvalue weighted by Gasteiger charge is -2.39. The van der Waals surface area contributed by atoms with E-state index in [1.54, 1.807) is 0 Å². The third-order valence-corrected chi connectivity index (χ3v) is 6.20. The van der Waals surface area contributed by atoms with Crippen molar-refractivity contribution in [2.75, 3.05) is 19.8 Å². The quantitative estimate of drug-likeness (QED) is 0.846. The van der Waals surface area contributed by atoms with Crippen molar-refractivity contribution in [1.29, 1.82) is 0 Å². The molecule has 0 spiro atoms. The van der Waals surface area contributed by atoms with E-state index in [1.165, 1.54) is 0 Å². The summed E-state index contributed by atoms with van der Waals surface area (Å²) < 4.78 is 5.32. The van der Waals surface area contributed by atoms with Gasteiger partial charge in [0.15, 0.2) is 0 Å². The first-order valence-electron chi connectivity index (χ1n) is 9.65. The lowest BCUT2D eigenvalue weighted by Crippen LogP contribution is -2.52. The molecule has 0 bridgehead atoms. The van der Waals surface area contributed by atoms with E-state index in [0.29, 0.717) is 26.1 Å².